The zero-order chi connectivity index (χ0) is 15.3. The van der Waals surface area contributed by atoms with Gasteiger partial charge in [-0.25, -0.2) is 0 Å². The van der Waals surface area contributed by atoms with Gasteiger partial charge in [-0.1, -0.05) is 0 Å². The molecule has 2 saturated heterocycles. The molecule has 2 amide bonds. The van der Waals surface area contributed by atoms with Crippen molar-refractivity contribution in [2.45, 2.75) is 50.6 Å². The maximum Gasteiger partial charge on any atom is 0.227 e. The van der Waals surface area contributed by atoms with Gasteiger partial charge in [-0.05, 0) is 31.6 Å². The van der Waals surface area contributed by atoms with E-state index in [0.29, 0.717) is 18.8 Å². The summed E-state index contributed by atoms with van der Waals surface area (Å²) in [6.07, 6.45) is 8.93. The highest BCUT2D eigenvalue weighted by atomic mass is 16.2. The normalized spacial score (nSPS) is 28.1. The van der Waals surface area contributed by atoms with E-state index >= 15 is 0 Å². The minimum atomic E-state index is 0.119. The second kappa shape index (κ2) is 5.11. The molecule has 1 aliphatic carbocycles. The van der Waals surface area contributed by atoms with Crippen LogP contribution in [0.1, 0.15) is 38.5 Å². The van der Waals surface area contributed by atoms with Crippen molar-refractivity contribution in [1.82, 2.24) is 14.7 Å². The highest BCUT2D eigenvalue weighted by Crippen LogP contribution is 2.37. The fourth-order valence-electron chi connectivity index (χ4n) is 3.93. The Kier molecular flexibility index (Phi) is 3.20. The number of hydrogen-bond acceptors (Lipinski definition) is 3. The van der Waals surface area contributed by atoms with Crippen LogP contribution in [0.3, 0.4) is 0 Å². The van der Waals surface area contributed by atoms with E-state index in [1.165, 1.54) is 12.8 Å². The molecule has 0 bridgehead atoms. The Hall–Kier alpha value is -1.85. The Morgan fingerprint density at radius 1 is 1.27 bits per heavy atom. The monoisotopic (exact) mass is 302 g/mol. The molecule has 1 aromatic rings. The molecule has 0 unspecified atom stereocenters. The molecule has 0 N–H and O–H groups in total. The molecule has 0 aromatic carbocycles. The van der Waals surface area contributed by atoms with E-state index in [1.807, 2.05) is 23.0 Å². The van der Waals surface area contributed by atoms with Crippen LogP contribution in [0.4, 0.5) is 5.69 Å². The second-order valence-corrected chi connectivity index (χ2v) is 6.83. The lowest BCUT2D eigenvalue weighted by Gasteiger charge is -2.39. The first-order chi connectivity index (χ1) is 10.6. The van der Waals surface area contributed by atoms with Crippen molar-refractivity contribution in [2.75, 3.05) is 11.4 Å². The molecule has 3 aliphatic rings. The van der Waals surface area contributed by atoms with Gasteiger partial charge in [0.05, 0.1) is 24.0 Å². The minimum absolute atomic E-state index is 0.119. The van der Waals surface area contributed by atoms with Gasteiger partial charge in [-0.15, -0.1) is 0 Å². The largest absolute Gasteiger partial charge is 0.338 e. The predicted octanol–water partition coefficient (Wildman–Crippen LogP) is 1.32. The Morgan fingerprint density at radius 2 is 2.09 bits per heavy atom. The van der Waals surface area contributed by atoms with Gasteiger partial charge in [0.2, 0.25) is 11.8 Å². The summed E-state index contributed by atoms with van der Waals surface area (Å²) < 4.78 is 1.72. The van der Waals surface area contributed by atoms with Crippen LogP contribution in [0.5, 0.6) is 0 Å². The zero-order valence-electron chi connectivity index (χ0n) is 12.9. The molecule has 3 heterocycles. The van der Waals surface area contributed by atoms with Gasteiger partial charge in [-0.3, -0.25) is 14.3 Å². The lowest BCUT2D eigenvalue weighted by atomic mass is 9.95. The summed E-state index contributed by atoms with van der Waals surface area (Å²) in [5, 5.41) is 4.18. The molecule has 2 aliphatic heterocycles. The van der Waals surface area contributed by atoms with Gasteiger partial charge in [0.15, 0.2) is 0 Å². The number of likely N-dealkylation sites (tertiary alicyclic amines) is 1. The highest BCUT2D eigenvalue weighted by Gasteiger charge is 2.46. The topological polar surface area (TPSA) is 58.4 Å². The van der Waals surface area contributed by atoms with E-state index in [1.54, 1.807) is 10.9 Å². The van der Waals surface area contributed by atoms with Crippen LogP contribution in [0, 0.1) is 5.92 Å². The molecule has 1 aromatic heterocycles. The van der Waals surface area contributed by atoms with Crippen molar-refractivity contribution in [3.63, 3.8) is 0 Å². The SMILES string of the molecule is Cn1cc(N2C(=O)CC[C@@H]3[C@H]2CCN3C(=O)CC2CC2)cn1. The molecule has 3 fully saturated rings. The van der Waals surface area contributed by atoms with Crippen LogP contribution in [-0.2, 0) is 16.6 Å². The van der Waals surface area contributed by atoms with Crippen LogP contribution in [0.15, 0.2) is 12.4 Å². The number of rotatable bonds is 3. The number of piperidine rings is 1. The summed E-state index contributed by atoms with van der Waals surface area (Å²) in [6, 6.07) is 0.303. The maximum absolute atomic E-state index is 12.5. The van der Waals surface area contributed by atoms with Crippen molar-refractivity contribution < 1.29 is 9.59 Å². The Morgan fingerprint density at radius 3 is 2.77 bits per heavy atom. The van der Waals surface area contributed by atoms with Crippen molar-refractivity contribution in [3.8, 4) is 0 Å². The number of carbonyl (C=O) groups excluding carboxylic acids is 2. The standard InChI is InChI=1S/C16H22N4O2/c1-18-10-12(9-17-18)20-14-6-7-19(13(14)4-5-15(20)21)16(22)8-11-2-3-11/h9-11,13-14H,2-8H2,1H3/t13-,14-/m1/s1. The molecule has 6 nitrogen and oxygen atoms in total. The second-order valence-electron chi connectivity index (χ2n) is 6.83. The fourth-order valence-corrected chi connectivity index (χ4v) is 3.93. The van der Waals surface area contributed by atoms with Crippen LogP contribution in [0.2, 0.25) is 0 Å². The molecule has 1 saturated carbocycles. The Bertz CT molecular complexity index is 607. The van der Waals surface area contributed by atoms with E-state index < -0.39 is 0 Å². The Labute approximate surface area is 130 Å². The van der Waals surface area contributed by atoms with Crippen LogP contribution in [0.25, 0.3) is 0 Å². The van der Waals surface area contributed by atoms with Crippen LogP contribution in [-0.4, -0.2) is 45.1 Å². The number of aromatic nitrogens is 2. The smallest absolute Gasteiger partial charge is 0.227 e. The number of amides is 2. The third-order valence-corrected chi connectivity index (χ3v) is 5.21. The minimum Gasteiger partial charge on any atom is -0.338 e. The first kappa shape index (κ1) is 13.8. The first-order valence-electron chi connectivity index (χ1n) is 8.23. The quantitative estimate of drug-likeness (QED) is 0.846. The van der Waals surface area contributed by atoms with Crippen molar-refractivity contribution in [3.05, 3.63) is 12.4 Å². The van der Waals surface area contributed by atoms with E-state index in [2.05, 4.69) is 5.10 Å². The lowest BCUT2D eigenvalue weighted by Crippen LogP contribution is -2.53. The number of anilines is 1. The zero-order valence-corrected chi connectivity index (χ0v) is 12.9. The average Bonchev–Trinajstić information content (AvgIpc) is 3.03. The Balaban J connectivity index is 1.55. The molecule has 2 atom stereocenters. The molecule has 22 heavy (non-hydrogen) atoms. The third-order valence-electron chi connectivity index (χ3n) is 5.21. The molecular weight excluding hydrogens is 280 g/mol. The van der Waals surface area contributed by atoms with Gasteiger partial charge in [-0.2, -0.15) is 5.10 Å². The molecule has 6 heteroatoms. The number of hydrogen-bond donors (Lipinski definition) is 0. The summed E-state index contributed by atoms with van der Waals surface area (Å²) >= 11 is 0. The summed E-state index contributed by atoms with van der Waals surface area (Å²) in [6.45, 7) is 0.783. The summed E-state index contributed by atoms with van der Waals surface area (Å²) in [5.74, 6) is 1.06. The van der Waals surface area contributed by atoms with Crippen LogP contribution < -0.4 is 4.90 Å². The van der Waals surface area contributed by atoms with Gasteiger partial charge in [0, 0.05) is 32.6 Å². The molecule has 118 valence electrons. The van der Waals surface area contributed by atoms with Gasteiger partial charge in [0.25, 0.3) is 0 Å². The summed E-state index contributed by atoms with van der Waals surface area (Å²) in [7, 11) is 1.86. The molecular formula is C16H22N4O2. The summed E-state index contributed by atoms with van der Waals surface area (Å²) in [5.41, 5.74) is 0.860. The molecule has 4 rings (SSSR count). The van der Waals surface area contributed by atoms with Crippen LogP contribution >= 0.6 is 0 Å². The average molecular weight is 302 g/mol. The third kappa shape index (κ3) is 2.30. The van der Waals surface area contributed by atoms with E-state index in [4.69, 9.17) is 0 Å². The number of nitrogens with zero attached hydrogens (tertiary/aromatic N) is 4. The molecule has 0 radical (unpaired) electrons. The number of aryl methyl sites for hydroxylation is 1. The summed E-state index contributed by atoms with van der Waals surface area (Å²) in [4.78, 5) is 28.8. The maximum atomic E-state index is 12.5. The number of fused-ring (bicyclic) bond motifs is 1. The first-order valence-corrected chi connectivity index (χ1v) is 8.23. The van der Waals surface area contributed by atoms with E-state index in [0.717, 1.165) is 25.1 Å². The van der Waals surface area contributed by atoms with Gasteiger partial charge >= 0.3 is 0 Å². The van der Waals surface area contributed by atoms with Gasteiger partial charge < -0.3 is 9.80 Å². The van der Waals surface area contributed by atoms with Crippen molar-refractivity contribution in [2.24, 2.45) is 13.0 Å². The number of carbonyl (C=O) groups is 2. The lowest BCUT2D eigenvalue weighted by molar-refractivity contribution is -0.134. The van der Waals surface area contributed by atoms with Crippen molar-refractivity contribution in [1.29, 1.82) is 0 Å². The highest BCUT2D eigenvalue weighted by molar-refractivity contribution is 5.95. The fraction of sp³-hybridized carbons (Fsp3) is 0.688. The van der Waals surface area contributed by atoms with E-state index in [9.17, 15) is 9.59 Å². The van der Waals surface area contributed by atoms with Gasteiger partial charge in [0.1, 0.15) is 0 Å². The molecule has 0 spiro atoms. The predicted molar refractivity (Wildman–Crippen MR) is 81.2 cm³/mol. The van der Waals surface area contributed by atoms with E-state index in [-0.39, 0.29) is 23.9 Å². The van der Waals surface area contributed by atoms with Crippen molar-refractivity contribution >= 4 is 17.5 Å².